The molecule has 1 fully saturated rings. The van der Waals surface area contributed by atoms with E-state index in [2.05, 4.69) is 22.0 Å². The molecule has 1 aromatic heterocycles. The molecule has 1 atom stereocenters. The van der Waals surface area contributed by atoms with Crippen LogP contribution in [0.5, 0.6) is 5.75 Å². The van der Waals surface area contributed by atoms with E-state index < -0.39 is 17.5 Å². The Balaban J connectivity index is 1.44. The Hall–Kier alpha value is -3.32. The van der Waals surface area contributed by atoms with Gasteiger partial charge in [0.1, 0.15) is 18.2 Å². The number of ether oxygens (including phenoxy) is 1. The van der Waals surface area contributed by atoms with Crippen LogP contribution >= 0.6 is 0 Å². The van der Waals surface area contributed by atoms with Gasteiger partial charge in [-0.25, -0.2) is 13.8 Å². The number of rotatable bonds is 6. The zero-order valence-corrected chi connectivity index (χ0v) is 17.0. The summed E-state index contributed by atoms with van der Waals surface area (Å²) in [6.45, 7) is 2.52. The van der Waals surface area contributed by atoms with Crippen molar-refractivity contribution in [3.05, 3.63) is 95.8 Å². The van der Waals surface area contributed by atoms with Crippen molar-refractivity contribution in [2.45, 2.75) is 6.04 Å². The van der Waals surface area contributed by atoms with Gasteiger partial charge in [-0.3, -0.25) is 9.69 Å². The van der Waals surface area contributed by atoms with Crippen LogP contribution in [0.25, 0.3) is 0 Å². The first-order valence-electron chi connectivity index (χ1n) is 10.2. The Kier molecular flexibility index (Phi) is 6.52. The van der Waals surface area contributed by atoms with Crippen LogP contribution < -0.4 is 4.74 Å². The second-order valence-corrected chi connectivity index (χ2v) is 7.36. The van der Waals surface area contributed by atoms with Crippen LogP contribution in [0.2, 0.25) is 0 Å². The second-order valence-electron chi connectivity index (χ2n) is 7.36. The van der Waals surface area contributed by atoms with Gasteiger partial charge in [-0.05, 0) is 17.7 Å². The maximum Gasteiger partial charge on any atom is 0.275 e. The summed E-state index contributed by atoms with van der Waals surface area (Å²) >= 11 is 0. The highest BCUT2D eigenvalue weighted by Crippen LogP contribution is 2.24. The molecule has 0 spiro atoms. The van der Waals surface area contributed by atoms with Gasteiger partial charge in [-0.1, -0.05) is 48.5 Å². The van der Waals surface area contributed by atoms with E-state index in [-0.39, 0.29) is 11.7 Å². The molecule has 7 heteroatoms. The van der Waals surface area contributed by atoms with Crippen molar-refractivity contribution in [2.24, 2.45) is 0 Å². The average molecular weight is 423 g/mol. The molecule has 0 saturated carbocycles. The summed E-state index contributed by atoms with van der Waals surface area (Å²) in [4.78, 5) is 20.1. The van der Waals surface area contributed by atoms with Crippen LogP contribution in [0.4, 0.5) is 8.78 Å². The van der Waals surface area contributed by atoms with Gasteiger partial charge in [0.05, 0.1) is 12.2 Å². The quantitative estimate of drug-likeness (QED) is 0.603. The molecule has 0 radical (unpaired) electrons. The highest BCUT2D eigenvalue weighted by atomic mass is 19.1. The number of benzene rings is 2. The fourth-order valence-electron chi connectivity index (χ4n) is 3.74. The summed E-state index contributed by atoms with van der Waals surface area (Å²) in [5, 5.41) is 0. The fourth-order valence-corrected chi connectivity index (χ4v) is 3.74. The third-order valence-corrected chi connectivity index (χ3v) is 5.39. The highest BCUT2D eigenvalue weighted by molar-refractivity contribution is 5.92. The summed E-state index contributed by atoms with van der Waals surface area (Å²) in [5.74, 6) is -1.46. The SMILES string of the molecule is O=C(c1ncc(F)cc1F)N1CCN(C(COc2ccccc2)c2ccccc2)CC1. The summed E-state index contributed by atoms with van der Waals surface area (Å²) in [6.07, 6.45) is 0.860. The van der Waals surface area contributed by atoms with Gasteiger partial charge >= 0.3 is 0 Å². The van der Waals surface area contributed by atoms with Gasteiger partial charge < -0.3 is 9.64 Å². The molecule has 1 unspecified atom stereocenters. The topological polar surface area (TPSA) is 45.7 Å². The van der Waals surface area contributed by atoms with E-state index in [0.29, 0.717) is 38.9 Å². The molecule has 3 aromatic rings. The molecule has 0 N–H and O–H groups in total. The van der Waals surface area contributed by atoms with Crippen LogP contribution in [0.3, 0.4) is 0 Å². The molecule has 1 aliphatic rings. The predicted octanol–water partition coefficient (Wildman–Crippen LogP) is 3.94. The molecule has 1 saturated heterocycles. The van der Waals surface area contributed by atoms with Gasteiger partial charge in [0.2, 0.25) is 0 Å². The largest absolute Gasteiger partial charge is 0.492 e. The standard InChI is InChI=1S/C24H23F2N3O2/c25-19-15-21(26)23(27-16-19)24(30)29-13-11-28(12-14-29)22(18-7-3-1-4-8-18)17-31-20-9-5-2-6-10-20/h1-10,15-16,22H,11-14,17H2. The van der Waals surface area contributed by atoms with E-state index in [1.165, 1.54) is 0 Å². The molecule has 1 amide bonds. The van der Waals surface area contributed by atoms with Crippen LogP contribution in [0.1, 0.15) is 22.1 Å². The van der Waals surface area contributed by atoms with E-state index in [0.717, 1.165) is 17.5 Å². The Morgan fingerprint density at radius 3 is 2.26 bits per heavy atom. The van der Waals surface area contributed by atoms with Crippen molar-refractivity contribution < 1.29 is 18.3 Å². The van der Waals surface area contributed by atoms with Gasteiger partial charge in [0, 0.05) is 32.2 Å². The molecule has 0 aliphatic carbocycles. The van der Waals surface area contributed by atoms with Crippen LogP contribution in [0.15, 0.2) is 72.9 Å². The lowest BCUT2D eigenvalue weighted by Crippen LogP contribution is -2.50. The Labute approximate surface area is 179 Å². The molecule has 2 aromatic carbocycles. The van der Waals surface area contributed by atoms with Gasteiger partial charge in [-0.15, -0.1) is 0 Å². The van der Waals surface area contributed by atoms with Gasteiger partial charge in [0.15, 0.2) is 11.5 Å². The fraction of sp³-hybridized carbons (Fsp3) is 0.250. The number of amides is 1. The molecule has 1 aliphatic heterocycles. The molecular weight excluding hydrogens is 400 g/mol. The number of pyridine rings is 1. The smallest absolute Gasteiger partial charge is 0.275 e. The first-order valence-corrected chi connectivity index (χ1v) is 10.2. The van der Waals surface area contributed by atoms with Crippen LogP contribution in [-0.4, -0.2) is 53.5 Å². The molecule has 2 heterocycles. The third-order valence-electron chi connectivity index (χ3n) is 5.39. The van der Waals surface area contributed by atoms with Crippen molar-refractivity contribution >= 4 is 5.91 Å². The monoisotopic (exact) mass is 423 g/mol. The van der Waals surface area contributed by atoms with Gasteiger partial charge in [-0.2, -0.15) is 0 Å². The number of nitrogens with zero attached hydrogens (tertiary/aromatic N) is 3. The van der Waals surface area contributed by atoms with E-state index in [9.17, 15) is 13.6 Å². The predicted molar refractivity (Wildman–Crippen MR) is 113 cm³/mol. The molecule has 4 rings (SSSR count). The summed E-state index contributed by atoms with van der Waals surface area (Å²) in [5.41, 5.74) is 0.784. The normalized spacial score (nSPS) is 15.5. The number of para-hydroxylation sites is 1. The number of piperazine rings is 1. The van der Waals surface area contributed by atoms with E-state index >= 15 is 0 Å². The average Bonchev–Trinajstić information content (AvgIpc) is 2.81. The summed E-state index contributed by atoms with van der Waals surface area (Å²) in [6, 6.07) is 20.4. The number of hydrogen-bond acceptors (Lipinski definition) is 4. The third kappa shape index (κ3) is 5.06. The first kappa shape index (κ1) is 20.9. The molecule has 160 valence electrons. The van der Waals surface area contributed by atoms with Crippen molar-refractivity contribution in [1.29, 1.82) is 0 Å². The zero-order chi connectivity index (χ0) is 21.6. The maximum absolute atomic E-state index is 14.0. The van der Waals surface area contributed by atoms with Crippen molar-refractivity contribution in [1.82, 2.24) is 14.8 Å². The van der Waals surface area contributed by atoms with Gasteiger partial charge in [0.25, 0.3) is 5.91 Å². The minimum Gasteiger partial charge on any atom is -0.492 e. The van der Waals surface area contributed by atoms with Crippen molar-refractivity contribution in [3.8, 4) is 5.75 Å². The summed E-state index contributed by atoms with van der Waals surface area (Å²) in [7, 11) is 0. The number of halogens is 2. The molecule has 0 bridgehead atoms. The summed E-state index contributed by atoms with van der Waals surface area (Å²) < 4.78 is 33.1. The first-order chi connectivity index (χ1) is 15.1. The maximum atomic E-state index is 14.0. The lowest BCUT2D eigenvalue weighted by atomic mass is 10.0. The highest BCUT2D eigenvalue weighted by Gasteiger charge is 2.29. The lowest BCUT2D eigenvalue weighted by Gasteiger charge is -2.39. The molecular formula is C24H23F2N3O2. The Morgan fingerprint density at radius 1 is 0.968 bits per heavy atom. The van der Waals surface area contributed by atoms with Crippen molar-refractivity contribution in [2.75, 3.05) is 32.8 Å². The van der Waals surface area contributed by atoms with E-state index in [4.69, 9.17) is 4.74 Å². The second kappa shape index (κ2) is 9.66. The lowest BCUT2D eigenvalue weighted by molar-refractivity contribution is 0.0490. The van der Waals surface area contributed by atoms with Crippen molar-refractivity contribution in [3.63, 3.8) is 0 Å². The zero-order valence-electron chi connectivity index (χ0n) is 17.0. The number of carbonyl (C=O) groups excluding carboxylic acids is 1. The van der Waals surface area contributed by atoms with E-state index in [1.807, 2.05) is 48.5 Å². The number of aromatic nitrogens is 1. The number of carbonyl (C=O) groups is 1. The van der Waals surface area contributed by atoms with Crippen LogP contribution in [-0.2, 0) is 0 Å². The minimum atomic E-state index is -0.939. The Bertz CT molecular complexity index is 1010. The van der Waals surface area contributed by atoms with E-state index in [1.54, 1.807) is 4.90 Å². The minimum absolute atomic E-state index is 0.0133. The number of hydrogen-bond donors (Lipinski definition) is 0. The Morgan fingerprint density at radius 2 is 1.61 bits per heavy atom. The molecule has 5 nitrogen and oxygen atoms in total. The van der Waals surface area contributed by atoms with Crippen LogP contribution in [0, 0.1) is 11.6 Å². The molecule has 31 heavy (non-hydrogen) atoms.